The molecule has 96 valence electrons. The molecule has 0 unspecified atom stereocenters. The van der Waals surface area contributed by atoms with E-state index in [0.717, 1.165) is 6.20 Å². The molecule has 0 radical (unpaired) electrons. The van der Waals surface area contributed by atoms with Crippen molar-refractivity contribution >= 4 is 0 Å². The van der Waals surface area contributed by atoms with Crippen LogP contribution >= 0.6 is 0 Å². The number of hydrogen-bond donors (Lipinski definition) is 5. The van der Waals surface area contributed by atoms with Gasteiger partial charge in [0.25, 0.3) is 17.5 Å². The highest BCUT2D eigenvalue weighted by Gasteiger charge is 2.50. The third-order valence-electron chi connectivity index (χ3n) is 1.92. The molecule has 0 bridgehead atoms. The van der Waals surface area contributed by atoms with Crippen molar-refractivity contribution in [1.82, 2.24) is 9.97 Å². The normalized spacial score (nSPS) is 12.4. The van der Waals surface area contributed by atoms with E-state index in [9.17, 15) is 10.2 Å². The Hall–Kier alpha value is -1.52. The quantitative estimate of drug-likeness (QED) is 0.358. The van der Waals surface area contributed by atoms with Crippen molar-refractivity contribution in [2.75, 3.05) is 14.2 Å². The number of aliphatic hydroxyl groups is 5. The smallest absolute Gasteiger partial charge is 0.339 e. The minimum atomic E-state index is -3.80. The van der Waals surface area contributed by atoms with Gasteiger partial charge in [-0.05, 0) is 0 Å². The average Bonchev–Trinajstić information content (AvgIpc) is 2.26. The van der Waals surface area contributed by atoms with Crippen LogP contribution in [0.15, 0.2) is 6.20 Å². The Bertz CT molecular complexity index is 401. The molecule has 0 saturated carbocycles. The summed E-state index contributed by atoms with van der Waals surface area (Å²) in [5.74, 6) is -7.51. The lowest BCUT2D eigenvalue weighted by Gasteiger charge is -2.28. The van der Waals surface area contributed by atoms with Crippen LogP contribution in [0.5, 0.6) is 11.8 Å². The molecule has 0 spiro atoms. The molecule has 5 N–H and O–H groups in total. The van der Waals surface area contributed by atoms with E-state index < -0.39 is 17.5 Å². The zero-order valence-electron chi connectivity index (χ0n) is 9.02. The highest BCUT2D eigenvalue weighted by molar-refractivity contribution is 5.27. The lowest BCUT2D eigenvalue weighted by atomic mass is 10.1. The van der Waals surface area contributed by atoms with Gasteiger partial charge in [-0.3, -0.25) is 0 Å². The molecule has 0 atom stereocenters. The first-order valence-corrected chi connectivity index (χ1v) is 4.31. The molecule has 1 aromatic heterocycles. The maximum Gasteiger partial charge on any atom is 0.339 e. The Kier molecular flexibility index (Phi) is 3.50. The van der Waals surface area contributed by atoms with E-state index in [1.54, 1.807) is 0 Å². The van der Waals surface area contributed by atoms with Gasteiger partial charge in [0.05, 0.1) is 20.4 Å². The van der Waals surface area contributed by atoms with Crippen molar-refractivity contribution in [1.29, 1.82) is 0 Å². The molecular weight excluding hydrogens is 236 g/mol. The minimum Gasteiger partial charge on any atom is -0.477 e. The molecule has 1 aromatic rings. The van der Waals surface area contributed by atoms with E-state index in [1.165, 1.54) is 14.2 Å². The molecule has 9 heteroatoms. The molecule has 0 aromatic carbocycles. The molecule has 1 heterocycles. The summed E-state index contributed by atoms with van der Waals surface area (Å²) in [7, 11) is 2.50. The lowest BCUT2D eigenvalue weighted by molar-refractivity contribution is -0.455. The van der Waals surface area contributed by atoms with Gasteiger partial charge in [0.2, 0.25) is 0 Å². The summed E-state index contributed by atoms with van der Waals surface area (Å²) < 4.78 is 9.46. The largest absolute Gasteiger partial charge is 0.477 e. The Labute approximate surface area is 95.5 Å². The molecule has 0 aliphatic rings. The lowest BCUT2D eigenvalue weighted by Crippen LogP contribution is -2.52. The van der Waals surface area contributed by atoms with Crippen LogP contribution in [0.4, 0.5) is 0 Å². The number of rotatable bonds is 4. The third kappa shape index (κ3) is 2.43. The second-order valence-corrected chi connectivity index (χ2v) is 3.08. The van der Waals surface area contributed by atoms with E-state index in [4.69, 9.17) is 24.8 Å². The maximum absolute atomic E-state index is 9.31. The fourth-order valence-corrected chi connectivity index (χ4v) is 0.974. The molecular formula is C8H12N2O7. The Morgan fingerprint density at radius 2 is 1.53 bits per heavy atom. The van der Waals surface area contributed by atoms with Crippen molar-refractivity contribution in [3.63, 3.8) is 0 Å². The van der Waals surface area contributed by atoms with Gasteiger partial charge >= 0.3 is 5.97 Å². The van der Waals surface area contributed by atoms with Crippen molar-refractivity contribution in [3.8, 4) is 11.8 Å². The van der Waals surface area contributed by atoms with Gasteiger partial charge in [-0.2, -0.15) is 0 Å². The molecule has 9 nitrogen and oxygen atoms in total. The SMILES string of the molecule is COc1ncc(C(O)(O)C(O)(O)O)nc1OC. The summed E-state index contributed by atoms with van der Waals surface area (Å²) in [6, 6.07) is 0. The van der Waals surface area contributed by atoms with E-state index in [-0.39, 0.29) is 11.8 Å². The van der Waals surface area contributed by atoms with E-state index in [0.29, 0.717) is 0 Å². The molecule has 0 fully saturated rings. The summed E-state index contributed by atoms with van der Waals surface area (Å²) in [6.07, 6.45) is 0.777. The summed E-state index contributed by atoms with van der Waals surface area (Å²) in [5, 5.41) is 44.9. The van der Waals surface area contributed by atoms with Crippen LogP contribution in [-0.4, -0.2) is 55.7 Å². The van der Waals surface area contributed by atoms with Crippen LogP contribution in [0.2, 0.25) is 0 Å². The van der Waals surface area contributed by atoms with Gasteiger partial charge in [0, 0.05) is 0 Å². The number of nitrogens with zero attached hydrogens (tertiary/aromatic N) is 2. The van der Waals surface area contributed by atoms with Gasteiger partial charge < -0.3 is 35.0 Å². The predicted octanol–water partition coefficient (Wildman–Crippen LogP) is -2.74. The van der Waals surface area contributed by atoms with Crippen molar-refractivity contribution in [2.45, 2.75) is 11.8 Å². The minimum absolute atomic E-state index is 0.0496. The standard InChI is InChI=1S/C8H12N2O7/c1-16-5-6(17-2)10-4(3-9-5)7(11,12)8(13,14)15/h3,11-15H,1-2H3. The first kappa shape index (κ1) is 13.5. The highest BCUT2D eigenvalue weighted by Crippen LogP contribution is 2.29. The molecule has 0 amide bonds. The van der Waals surface area contributed by atoms with Crippen LogP contribution in [-0.2, 0) is 5.79 Å². The number of methoxy groups -OCH3 is 2. The molecule has 17 heavy (non-hydrogen) atoms. The number of hydrogen-bond acceptors (Lipinski definition) is 9. The highest BCUT2D eigenvalue weighted by atomic mass is 16.7. The van der Waals surface area contributed by atoms with E-state index in [1.807, 2.05) is 0 Å². The summed E-state index contributed by atoms with van der Waals surface area (Å²) >= 11 is 0. The Balaban J connectivity index is 3.25. The van der Waals surface area contributed by atoms with Gasteiger partial charge in [0.1, 0.15) is 5.69 Å². The predicted molar refractivity (Wildman–Crippen MR) is 50.6 cm³/mol. The molecule has 0 saturated heterocycles. The summed E-state index contributed by atoms with van der Waals surface area (Å²) in [4.78, 5) is 7.10. The van der Waals surface area contributed by atoms with E-state index >= 15 is 0 Å². The second kappa shape index (κ2) is 4.39. The van der Waals surface area contributed by atoms with Crippen molar-refractivity contribution in [3.05, 3.63) is 11.9 Å². The van der Waals surface area contributed by atoms with Crippen LogP contribution in [0.3, 0.4) is 0 Å². The van der Waals surface area contributed by atoms with Crippen molar-refractivity contribution in [2.24, 2.45) is 0 Å². The zero-order chi connectivity index (χ0) is 13.3. The van der Waals surface area contributed by atoms with Gasteiger partial charge in [0.15, 0.2) is 0 Å². The van der Waals surface area contributed by atoms with Crippen LogP contribution in [0.25, 0.3) is 0 Å². The van der Waals surface area contributed by atoms with Gasteiger partial charge in [-0.25, -0.2) is 9.97 Å². The zero-order valence-corrected chi connectivity index (χ0v) is 9.02. The number of ether oxygens (including phenoxy) is 2. The third-order valence-corrected chi connectivity index (χ3v) is 1.92. The van der Waals surface area contributed by atoms with Gasteiger partial charge in [-0.15, -0.1) is 0 Å². The monoisotopic (exact) mass is 248 g/mol. The first-order valence-electron chi connectivity index (χ1n) is 4.31. The van der Waals surface area contributed by atoms with Crippen molar-refractivity contribution < 1.29 is 35.0 Å². The Morgan fingerprint density at radius 1 is 1.00 bits per heavy atom. The maximum atomic E-state index is 9.31. The van der Waals surface area contributed by atoms with Crippen LogP contribution in [0, 0.1) is 0 Å². The van der Waals surface area contributed by atoms with Crippen LogP contribution < -0.4 is 9.47 Å². The van der Waals surface area contributed by atoms with E-state index in [2.05, 4.69) is 9.97 Å². The summed E-state index contributed by atoms with van der Waals surface area (Å²) in [5.41, 5.74) is -0.734. The number of aromatic nitrogens is 2. The molecule has 1 rings (SSSR count). The summed E-state index contributed by atoms with van der Waals surface area (Å²) in [6.45, 7) is 0. The topological polar surface area (TPSA) is 145 Å². The van der Waals surface area contributed by atoms with Gasteiger partial charge in [-0.1, -0.05) is 0 Å². The second-order valence-electron chi connectivity index (χ2n) is 3.08. The Morgan fingerprint density at radius 3 is 1.94 bits per heavy atom. The fraction of sp³-hybridized carbons (Fsp3) is 0.500. The molecule has 0 aliphatic carbocycles. The first-order chi connectivity index (χ1) is 7.74. The van der Waals surface area contributed by atoms with Crippen LogP contribution in [0.1, 0.15) is 5.69 Å². The fourth-order valence-electron chi connectivity index (χ4n) is 0.974. The molecule has 0 aliphatic heterocycles. The average molecular weight is 248 g/mol.